The molecule has 0 radical (unpaired) electrons. The summed E-state index contributed by atoms with van der Waals surface area (Å²) in [5, 5.41) is 8.79. The molecule has 1 atom stereocenters. The number of carboxylic acid groups (broad SMARTS) is 1. The van der Waals surface area contributed by atoms with Gasteiger partial charge in [0.25, 0.3) is 0 Å². The Bertz CT molecular complexity index is 239. The van der Waals surface area contributed by atoms with Crippen LogP contribution in [-0.2, 0) is 4.79 Å². The van der Waals surface area contributed by atoms with Crippen molar-refractivity contribution in [3.63, 3.8) is 0 Å². The molecule has 94 valence electrons. The zero-order valence-electron chi connectivity index (χ0n) is 10.6. The molecular weight excluding hydrogens is 208 g/mol. The third-order valence-corrected chi connectivity index (χ3v) is 2.71. The Morgan fingerprint density at radius 2 is 1.69 bits per heavy atom. The van der Waals surface area contributed by atoms with Crippen LogP contribution >= 0.6 is 0 Å². The monoisotopic (exact) mass is 230 g/mol. The third kappa shape index (κ3) is 4.08. The molecule has 0 aliphatic carbocycles. The maximum absolute atomic E-state index is 12.0. The number of aliphatic carboxylic acids is 1. The summed E-state index contributed by atoms with van der Waals surface area (Å²) in [7, 11) is 0. The van der Waals surface area contributed by atoms with Crippen molar-refractivity contribution in [2.45, 2.75) is 40.2 Å². The highest BCUT2D eigenvalue weighted by Crippen LogP contribution is 2.07. The van der Waals surface area contributed by atoms with Gasteiger partial charge >= 0.3 is 12.0 Å². The van der Waals surface area contributed by atoms with E-state index in [1.54, 1.807) is 4.90 Å². The smallest absolute Gasteiger partial charge is 0.323 e. The van der Waals surface area contributed by atoms with E-state index in [2.05, 4.69) is 0 Å². The number of urea groups is 1. The van der Waals surface area contributed by atoms with Gasteiger partial charge in [0, 0.05) is 19.1 Å². The quantitative estimate of drug-likeness (QED) is 0.754. The number of carboxylic acids is 1. The second-order valence-electron chi connectivity index (χ2n) is 3.73. The molecule has 0 aromatic heterocycles. The molecular formula is C11H22N2O3. The van der Waals surface area contributed by atoms with Crippen molar-refractivity contribution in [3.8, 4) is 0 Å². The van der Waals surface area contributed by atoms with Gasteiger partial charge in [0.2, 0.25) is 0 Å². The van der Waals surface area contributed by atoms with Crippen LogP contribution in [-0.4, -0.2) is 52.6 Å². The molecule has 0 aromatic rings. The van der Waals surface area contributed by atoms with E-state index in [-0.39, 0.29) is 18.6 Å². The van der Waals surface area contributed by atoms with Crippen LogP contribution in [0.3, 0.4) is 0 Å². The zero-order chi connectivity index (χ0) is 12.7. The number of amides is 2. The first-order chi connectivity index (χ1) is 7.47. The van der Waals surface area contributed by atoms with Crippen molar-refractivity contribution in [2.24, 2.45) is 0 Å². The first-order valence-corrected chi connectivity index (χ1v) is 5.75. The Labute approximate surface area is 97.0 Å². The minimum absolute atomic E-state index is 0.0517. The molecule has 0 rings (SSSR count). The molecule has 0 bridgehead atoms. The van der Waals surface area contributed by atoms with Gasteiger partial charge in [-0.05, 0) is 27.2 Å². The summed E-state index contributed by atoms with van der Waals surface area (Å²) >= 11 is 0. The normalized spacial score (nSPS) is 12.0. The Hall–Kier alpha value is -1.26. The van der Waals surface area contributed by atoms with E-state index >= 15 is 0 Å². The summed E-state index contributed by atoms with van der Waals surface area (Å²) in [4.78, 5) is 25.8. The maximum atomic E-state index is 12.0. The molecule has 16 heavy (non-hydrogen) atoms. The Balaban J connectivity index is 4.73. The van der Waals surface area contributed by atoms with Crippen molar-refractivity contribution >= 4 is 12.0 Å². The number of hydrogen-bond donors (Lipinski definition) is 1. The highest BCUT2D eigenvalue weighted by molar-refractivity contribution is 5.80. The number of carbonyl (C=O) groups excluding carboxylic acids is 1. The van der Waals surface area contributed by atoms with Gasteiger partial charge in [-0.25, -0.2) is 4.79 Å². The number of hydrogen-bond acceptors (Lipinski definition) is 2. The Morgan fingerprint density at radius 1 is 1.19 bits per heavy atom. The lowest BCUT2D eigenvalue weighted by Crippen LogP contribution is -2.49. The fraction of sp³-hybridized carbons (Fsp3) is 0.818. The van der Waals surface area contributed by atoms with Gasteiger partial charge in [0.15, 0.2) is 0 Å². The van der Waals surface area contributed by atoms with Crippen molar-refractivity contribution in [1.29, 1.82) is 0 Å². The molecule has 0 spiro atoms. The lowest BCUT2D eigenvalue weighted by molar-refractivity contribution is -0.138. The van der Waals surface area contributed by atoms with Gasteiger partial charge in [-0.1, -0.05) is 6.92 Å². The SMILES string of the molecule is CCC(C)N(CC(=O)O)C(=O)N(CC)CC. The van der Waals surface area contributed by atoms with E-state index < -0.39 is 5.97 Å². The molecule has 0 fully saturated rings. The van der Waals surface area contributed by atoms with Gasteiger partial charge in [0.05, 0.1) is 0 Å². The summed E-state index contributed by atoms with van der Waals surface area (Å²) in [6, 6.07) is -0.244. The lowest BCUT2D eigenvalue weighted by atomic mass is 10.2. The topological polar surface area (TPSA) is 60.9 Å². The average molecular weight is 230 g/mol. The van der Waals surface area contributed by atoms with Crippen LogP contribution in [0.25, 0.3) is 0 Å². The fourth-order valence-electron chi connectivity index (χ4n) is 1.45. The van der Waals surface area contributed by atoms with E-state index in [0.717, 1.165) is 6.42 Å². The van der Waals surface area contributed by atoms with Crippen molar-refractivity contribution in [1.82, 2.24) is 9.80 Å². The minimum atomic E-state index is -0.971. The highest BCUT2D eigenvalue weighted by atomic mass is 16.4. The fourth-order valence-corrected chi connectivity index (χ4v) is 1.45. The van der Waals surface area contributed by atoms with Gasteiger partial charge in [-0.3, -0.25) is 4.79 Å². The second-order valence-corrected chi connectivity index (χ2v) is 3.73. The van der Waals surface area contributed by atoms with E-state index in [0.29, 0.717) is 13.1 Å². The molecule has 0 saturated carbocycles. The van der Waals surface area contributed by atoms with Gasteiger partial charge in [-0.2, -0.15) is 0 Å². The van der Waals surface area contributed by atoms with Crippen molar-refractivity contribution in [2.75, 3.05) is 19.6 Å². The summed E-state index contributed by atoms with van der Waals surface area (Å²) in [6.07, 6.45) is 0.750. The van der Waals surface area contributed by atoms with E-state index in [4.69, 9.17) is 5.11 Å². The molecule has 0 saturated heterocycles. The van der Waals surface area contributed by atoms with Crippen molar-refractivity contribution < 1.29 is 14.7 Å². The molecule has 0 aliphatic heterocycles. The molecule has 0 aliphatic rings. The van der Waals surface area contributed by atoms with E-state index in [1.807, 2.05) is 27.7 Å². The molecule has 0 aromatic carbocycles. The van der Waals surface area contributed by atoms with Crippen LogP contribution in [0, 0.1) is 0 Å². The highest BCUT2D eigenvalue weighted by Gasteiger charge is 2.24. The van der Waals surface area contributed by atoms with Crippen LogP contribution in [0.4, 0.5) is 4.79 Å². The molecule has 5 nitrogen and oxygen atoms in total. The van der Waals surface area contributed by atoms with Crippen LogP contribution in [0.1, 0.15) is 34.1 Å². The van der Waals surface area contributed by atoms with Gasteiger partial charge in [-0.15, -0.1) is 0 Å². The van der Waals surface area contributed by atoms with Crippen LogP contribution < -0.4 is 0 Å². The number of rotatable bonds is 6. The van der Waals surface area contributed by atoms with Gasteiger partial charge in [0.1, 0.15) is 6.54 Å². The predicted molar refractivity (Wildman–Crippen MR) is 62.4 cm³/mol. The molecule has 0 heterocycles. The van der Waals surface area contributed by atoms with Crippen LogP contribution in [0.2, 0.25) is 0 Å². The Kier molecular flexibility index (Phi) is 6.53. The summed E-state index contributed by atoms with van der Waals surface area (Å²) < 4.78 is 0. The standard InChI is InChI=1S/C11H22N2O3/c1-5-9(4)13(8-10(14)15)11(16)12(6-2)7-3/h9H,5-8H2,1-4H3,(H,14,15). The summed E-state index contributed by atoms with van der Waals surface area (Å²) in [5.41, 5.74) is 0. The number of nitrogens with zero attached hydrogens (tertiary/aromatic N) is 2. The maximum Gasteiger partial charge on any atom is 0.323 e. The third-order valence-electron chi connectivity index (χ3n) is 2.71. The average Bonchev–Trinajstić information content (AvgIpc) is 2.26. The summed E-state index contributed by atoms with van der Waals surface area (Å²) in [5.74, 6) is -0.971. The molecule has 1 N–H and O–H groups in total. The predicted octanol–water partition coefficient (Wildman–Crippen LogP) is 1.63. The minimum Gasteiger partial charge on any atom is -0.480 e. The molecule has 1 unspecified atom stereocenters. The Morgan fingerprint density at radius 3 is 2.00 bits per heavy atom. The first-order valence-electron chi connectivity index (χ1n) is 5.75. The lowest BCUT2D eigenvalue weighted by Gasteiger charge is -2.32. The zero-order valence-corrected chi connectivity index (χ0v) is 10.6. The van der Waals surface area contributed by atoms with E-state index in [1.165, 1.54) is 4.90 Å². The second kappa shape index (κ2) is 7.09. The molecule has 2 amide bonds. The van der Waals surface area contributed by atoms with E-state index in [9.17, 15) is 9.59 Å². The first kappa shape index (κ1) is 14.7. The van der Waals surface area contributed by atoms with Crippen molar-refractivity contribution in [3.05, 3.63) is 0 Å². The largest absolute Gasteiger partial charge is 0.480 e. The molecule has 5 heteroatoms. The number of carbonyl (C=O) groups is 2. The van der Waals surface area contributed by atoms with Gasteiger partial charge < -0.3 is 14.9 Å². The van der Waals surface area contributed by atoms with Crippen LogP contribution in [0.5, 0.6) is 0 Å². The summed E-state index contributed by atoms with van der Waals surface area (Å²) in [6.45, 7) is 8.54. The van der Waals surface area contributed by atoms with Crippen LogP contribution in [0.15, 0.2) is 0 Å².